The number of hydrogen-bond donors (Lipinski definition) is 3. The van der Waals surface area contributed by atoms with Crippen molar-refractivity contribution in [2.75, 3.05) is 5.32 Å². The molecule has 1 aromatic rings. The van der Waals surface area contributed by atoms with Gasteiger partial charge in [-0.1, -0.05) is 24.9 Å². The molecule has 0 saturated heterocycles. The van der Waals surface area contributed by atoms with E-state index in [4.69, 9.17) is 17.3 Å². The first kappa shape index (κ1) is 12.8. The van der Waals surface area contributed by atoms with Gasteiger partial charge in [0.25, 0.3) is 0 Å². The van der Waals surface area contributed by atoms with E-state index in [1.165, 1.54) is 12.1 Å². The lowest BCUT2D eigenvalue weighted by atomic mass is 10.1. The van der Waals surface area contributed by atoms with Crippen LogP contribution in [0, 0.1) is 0 Å². The van der Waals surface area contributed by atoms with Crippen LogP contribution in [0.2, 0.25) is 5.02 Å². The fourth-order valence-electron chi connectivity index (χ4n) is 1.26. The SMILES string of the molecule is CCCC(N)C(=O)Nc1ccc(O)c(Cl)c1. The highest BCUT2D eigenvalue weighted by atomic mass is 35.5. The topological polar surface area (TPSA) is 75.4 Å². The number of halogens is 1. The van der Waals surface area contributed by atoms with E-state index in [0.29, 0.717) is 12.1 Å². The average molecular weight is 243 g/mol. The molecule has 1 atom stereocenters. The van der Waals surface area contributed by atoms with Crippen LogP contribution < -0.4 is 11.1 Å². The summed E-state index contributed by atoms with van der Waals surface area (Å²) in [6, 6.07) is 3.95. The highest BCUT2D eigenvalue weighted by Crippen LogP contribution is 2.26. The van der Waals surface area contributed by atoms with Gasteiger partial charge in [0, 0.05) is 5.69 Å². The normalized spacial score (nSPS) is 12.2. The largest absolute Gasteiger partial charge is 0.506 e. The summed E-state index contributed by atoms with van der Waals surface area (Å²) in [6.45, 7) is 1.96. The molecule has 0 spiro atoms. The lowest BCUT2D eigenvalue weighted by molar-refractivity contribution is -0.117. The molecule has 0 radical (unpaired) electrons. The molecule has 0 saturated carbocycles. The number of amides is 1. The zero-order valence-corrected chi connectivity index (χ0v) is 9.79. The standard InChI is InChI=1S/C11H15ClN2O2/c1-2-3-9(13)11(16)14-7-4-5-10(15)8(12)6-7/h4-6,9,15H,2-3,13H2,1H3,(H,14,16). The molecule has 0 aliphatic heterocycles. The van der Waals surface area contributed by atoms with E-state index in [-0.39, 0.29) is 16.7 Å². The average Bonchev–Trinajstić information content (AvgIpc) is 2.24. The third-order valence-corrected chi connectivity index (χ3v) is 2.45. The number of phenolic OH excluding ortho intramolecular Hbond substituents is 1. The minimum Gasteiger partial charge on any atom is -0.506 e. The van der Waals surface area contributed by atoms with E-state index in [0.717, 1.165) is 6.42 Å². The van der Waals surface area contributed by atoms with Crippen LogP contribution in [0.1, 0.15) is 19.8 Å². The number of hydrogen-bond acceptors (Lipinski definition) is 3. The summed E-state index contributed by atoms with van der Waals surface area (Å²) in [6.07, 6.45) is 1.49. The maximum atomic E-state index is 11.6. The van der Waals surface area contributed by atoms with Crippen molar-refractivity contribution in [3.05, 3.63) is 23.2 Å². The van der Waals surface area contributed by atoms with Crippen molar-refractivity contribution in [3.8, 4) is 5.75 Å². The summed E-state index contributed by atoms with van der Waals surface area (Å²) in [5.41, 5.74) is 6.18. The molecule has 0 aromatic heterocycles. The van der Waals surface area contributed by atoms with Crippen molar-refractivity contribution in [1.29, 1.82) is 0 Å². The van der Waals surface area contributed by atoms with Gasteiger partial charge in [-0.3, -0.25) is 4.79 Å². The van der Waals surface area contributed by atoms with E-state index in [1.54, 1.807) is 6.07 Å². The first-order valence-corrected chi connectivity index (χ1v) is 5.47. The maximum absolute atomic E-state index is 11.6. The van der Waals surface area contributed by atoms with Crippen molar-refractivity contribution in [2.24, 2.45) is 5.73 Å². The highest BCUT2D eigenvalue weighted by Gasteiger charge is 2.12. The quantitative estimate of drug-likeness (QED) is 0.708. The predicted octanol–water partition coefficient (Wildman–Crippen LogP) is 2.11. The molecule has 16 heavy (non-hydrogen) atoms. The smallest absolute Gasteiger partial charge is 0.241 e. The third-order valence-electron chi connectivity index (χ3n) is 2.15. The van der Waals surface area contributed by atoms with Crippen LogP contribution in [-0.4, -0.2) is 17.1 Å². The Balaban J connectivity index is 2.66. The molecule has 1 unspecified atom stereocenters. The minimum atomic E-state index is -0.516. The zero-order chi connectivity index (χ0) is 12.1. The summed E-state index contributed by atoms with van der Waals surface area (Å²) in [7, 11) is 0. The first-order valence-electron chi connectivity index (χ1n) is 5.09. The van der Waals surface area contributed by atoms with Crippen LogP contribution in [0.3, 0.4) is 0 Å². The number of aromatic hydroxyl groups is 1. The molecular weight excluding hydrogens is 228 g/mol. The molecule has 4 N–H and O–H groups in total. The van der Waals surface area contributed by atoms with Crippen LogP contribution in [0.4, 0.5) is 5.69 Å². The summed E-state index contributed by atoms with van der Waals surface area (Å²) in [5.74, 6) is -0.263. The van der Waals surface area contributed by atoms with E-state index in [1.807, 2.05) is 6.92 Å². The zero-order valence-electron chi connectivity index (χ0n) is 9.03. The van der Waals surface area contributed by atoms with Crippen LogP contribution in [0.5, 0.6) is 5.75 Å². The Morgan fingerprint density at radius 2 is 2.31 bits per heavy atom. The molecule has 1 rings (SSSR count). The lowest BCUT2D eigenvalue weighted by Crippen LogP contribution is -2.35. The van der Waals surface area contributed by atoms with Gasteiger partial charge in [-0.05, 0) is 24.6 Å². The fraction of sp³-hybridized carbons (Fsp3) is 0.364. The van der Waals surface area contributed by atoms with E-state index < -0.39 is 6.04 Å². The number of carbonyl (C=O) groups is 1. The Labute approximate surface area is 99.4 Å². The molecule has 0 bridgehead atoms. The summed E-state index contributed by atoms with van der Waals surface area (Å²) in [4.78, 5) is 11.6. The molecule has 1 aromatic carbocycles. The van der Waals surface area contributed by atoms with Crippen molar-refractivity contribution < 1.29 is 9.90 Å². The van der Waals surface area contributed by atoms with Gasteiger partial charge in [-0.2, -0.15) is 0 Å². The van der Waals surface area contributed by atoms with E-state index in [2.05, 4.69) is 5.32 Å². The van der Waals surface area contributed by atoms with Gasteiger partial charge < -0.3 is 16.2 Å². The Bertz CT molecular complexity index is 382. The van der Waals surface area contributed by atoms with Crippen molar-refractivity contribution in [1.82, 2.24) is 0 Å². The fourth-order valence-corrected chi connectivity index (χ4v) is 1.44. The summed E-state index contributed by atoms with van der Waals surface area (Å²) < 4.78 is 0. The second-order valence-electron chi connectivity index (χ2n) is 3.55. The Kier molecular flexibility index (Phi) is 4.58. The molecule has 0 fully saturated rings. The highest BCUT2D eigenvalue weighted by molar-refractivity contribution is 6.32. The van der Waals surface area contributed by atoms with Crippen LogP contribution >= 0.6 is 11.6 Å². The van der Waals surface area contributed by atoms with Crippen LogP contribution in [0.25, 0.3) is 0 Å². The van der Waals surface area contributed by atoms with Crippen molar-refractivity contribution in [2.45, 2.75) is 25.8 Å². The maximum Gasteiger partial charge on any atom is 0.241 e. The van der Waals surface area contributed by atoms with Gasteiger partial charge in [0.2, 0.25) is 5.91 Å². The summed E-state index contributed by atoms with van der Waals surface area (Å²) >= 11 is 5.71. The number of nitrogens with one attached hydrogen (secondary N) is 1. The van der Waals surface area contributed by atoms with E-state index >= 15 is 0 Å². The molecule has 0 heterocycles. The molecular formula is C11H15ClN2O2. The molecule has 4 nitrogen and oxygen atoms in total. The Hall–Kier alpha value is -1.26. The minimum absolute atomic E-state index is 0.0162. The van der Waals surface area contributed by atoms with Crippen LogP contribution in [-0.2, 0) is 4.79 Å². The second kappa shape index (κ2) is 5.72. The first-order chi connectivity index (χ1) is 7.54. The number of benzene rings is 1. The van der Waals surface area contributed by atoms with Crippen molar-refractivity contribution >= 4 is 23.2 Å². The third kappa shape index (κ3) is 3.40. The number of carbonyl (C=O) groups excluding carboxylic acids is 1. The summed E-state index contributed by atoms with van der Waals surface area (Å²) in [5, 5.41) is 12.0. The monoisotopic (exact) mass is 242 g/mol. The van der Waals surface area contributed by atoms with Gasteiger partial charge in [-0.15, -0.1) is 0 Å². The molecule has 0 aliphatic rings. The molecule has 0 aliphatic carbocycles. The second-order valence-corrected chi connectivity index (χ2v) is 3.96. The Morgan fingerprint density at radius 3 is 2.88 bits per heavy atom. The van der Waals surface area contributed by atoms with Crippen LogP contribution in [0.15, 0.2) is 18.2 Å². The van der Waals surface area contributed by atoms with Gasteiger partial charge in [0.15, 0.2) is 0 Å². The van der Waals surface area contributed by atoms with Gasteiger partial charge in [-0.25, -0.2) is 0 Å². The molecule has 5 heteroatoms. The van der Waals surface area contributed by atoms with E-state index in [9.17, 15) is 9.90 Å². The van der Waals surface area contributed by atoms with Crippen molar-refractivity contribution in [3.63, 3.8) is 0 Å². The molecule has 88 valence electrons. The van der Waals surface area contributed by atoms with Gasteiger partial charge >= 0.3 is 0 Å². The number of anilines is 1. The Morgan fingerprint density at radius 1 is 1.62 bits per heavy atom. The van der Waals surface area contributed by atoms with Gasteiger partial charge in [0.05, 0.1) is 11.1 Å². The number of phenols is 1. The number of nitrogens with two attached hydrogens (primary N) is 1. The molecule has 1 amide bonds. The van der Waals surface area contributed by atoms with Gasteiger partial charge in [0.1, 0.15) is 5.75 Å². The predicted molar refractivity (Wildman–Crippen MR) is 64.6 cm³/mol. The lowest BCUT2D eigenvalue weighted by Gasteiger charge is -2.11. The number of rotatable bonds is 4.